The molecule has 0 bridgehead atoms. The lowest BCUT2D eigenvalue weighted by Crippen LogP contribution is -2.45. The van der Waals surface area contributed by atoms with Gasteiger partial charge in [-0.15, -0.1) is 0 Å². The van der Waals surface area contributed by atoms with Crippen molar-refractivity contribution in [3.63, 3.8) is 0 Å². The molecule has 1 N–H and O–H groups in total. The van der Waals surface area contributed by atoms with Gasteiger partial charge in [-0.05, 0) is 81.7 Å². The summed E-state index contributed by atoms with van der Waals surface area (Å²) >= 11 is 0. The smallest absolute Gasteiger partial charge is 0.262 e. The molecule has 0 fully saturated rings. The van der Waals surface area contributed by atoms with Crippen LogP contribution in [0.5, 0.6) is 0 Å². The molecule has 0 spiro atoms. The van der Waals surface area contributed by atoms with Gasteiger partial charge < -0.3 is 15.0 Å². The lowest BCUT2D eigenvalue weighted by atomic mass is 9.99. The lowest BCUT2D eigenvalue weighted by Gasteiger charge is -2.28. The minimum Gasteiger partial charge on any atom is -0.378 e. The van der Waals surface area contributed by atoms with Gasteiger partial charge in [-0.3, -0.25) is 4.79 Å². The van der Waals surface area contributed by atoms with Crippen molar-refractivity contribution in [3.05, 3.63) is 47.5 Å². The van der Waals surface area contributed by atoms with E-state index in [9.17, 15) is 10.1 Å². The van der Waals surface area contributed by atoms with E-state index in [0.29, 0.717) is 13.0 Å². The minimum absolute atomic E-state index is 0.0871. The third-order valence-corrected chi connectivity index (χ3v) is 4.75. The van der Waals surface area contributed by atoms with Crippen LogP contribution in [-0.4, -0.2) is 37.7 Å². The van der Waals surface area contributed by atoms with Crippen molar-refractivity contribution in [2.45, 2.75) is 52.2 Å². The summed E-state index contributed by atoms with van der Waals surface area (Å²) in [5.74, 6) is -0.374. The molecule has 0 heterocycles. The topological polar surface area (TPSA) is 65.4 Å². The molecule has 0 aliphatic carbocycles. The molecule has 2 aromatic rings. The summed E-state index contributed by atoms with van der Waals surface area (Å²) in [6.45, 7) is 10.4. The standard InChI is InChI=1S/C25H33N3O2/c1-24(2,3)30-13-12-25(4,5)27-23(29)21(17-26)15-18-8-9-20-16-22(28(6)7)11-10-19(20)14-18/h8-11,14-16H,12-13H2,1-7H3,(H,27,29). The molecule has 0 saturated carbocycles. The number of hydrogen-bond acceptors (Lipinski definition) is 4. The Labute approximate surface area is 180 Å². The van der Waals surface area contributed by atoms with Crippen LogP contribution in [-0.2, 0) is 9.53 Å². The van der Waals surface area contributed by atoms with E-state index < -0.39 is 5.54 Å². The number of ether oxygens (including phenoxy) is 1. The van der Waals surface area contributed by atoms with Crippen molar-refractivity contribution in [2.24, 2.45) is 0 Å². The molecule has 5 nitrogen and oxygen atoms in total. The van der Waals surface area contributed by atoms with Crippen molar-refractivity contribution in [1.82, 2.24) is 5.32 Å². The summed E-state index contributed by atoms with van der Waals surface area (Å²) < 4.78 is 5.76. The van der Waals surface area contributed by atoms with Crippen molar-refractivity contribution in [3.8, 4) is 6.07 Å². The fourth-order valence-electron chi connectivity index (χ4n) is 2.98. The molecular weight excluding hydrogens is 374 g/mol. The minimum atomic E-state index is -0.482. The first kappa shape index (κ1) is 23.4. The number of nitrogens with zero attached hydrogens (tertiary/aromatic N) is 2. The highest BCUT2D eigenvalue weighted by molar-refractivity contribution is 6.02. The molecular formula is C25H33N3O2. The van der Waals surface area contributed by atoms with E-state index >= 15 is 0 Å². The molecule has 0 atom stereocenters. The lowest BCUT2D eigenvalue weighted by molar-refractivity contribution is -0.118. The van der Waals surface area contributed by atoms with E-state index in [1.54, 1.807) is 6.08 Å². The number of nitriles is 1. The fraction of sp³-hybridized carbons (Fsp3) is 0.440. The largest absolute Gasteiger partial charge is 0.378 e. The molecule has 0 aliphatic rings. The van der Waals surface area contributed by atoms with Gasteiger partial charge in [-0.2, -0.15) is 5.26 Å². The number of rotatable bonds is 7. The number of benzene rings is 2. The highest BCUT2D eigenvalue weighted by Gasteiger charge is 2.23. The van der Waals surface area contributed by atoms with Crippen LogP contribution < -0.4 is 10.2 Å². The average Bonchev–Trinajstić information content (AvgIpc) is 2.63. The second-order valence-electron chi connectivity index (χ2n) is 9.40. The maximum atomic E-state index is 12.7. The molecule has 1 amide bonds. The molecule has 0 unspecified atom stereocenters. The third-order valence-electron chi connectivity index (χ3n) is 4.75. The maximum absolute atomic E-state index is 12.7. The highest BCUT2D eigenvalue weighted by atomic mass is 16.5. The van der Waals surface area contributed by atoms with Gasteiger partial charge >= 0.3 is 0 Å². The van der Waals surface area contributed by atoms with E-state index in [2.05, 4.69) is 22.3 Å². The van der Waals surface area contributed by atoms with Crippen molar-refractivity contribution in [2.75, 3.05) is 25.6 Å². The zero-order valence-corrected chi connectivity index (χ0v) is 19.2. The van der Waals surface area contributed by atoms with E-state index in [1.807, 2.05) is 79.0 Å². The zero-order chi connectivity index (χ0) is 22.5. The van der Waals surface area contributed by atoms with Crippen LogP contribution in [0.25, 0.3) is 16.8 Å². The fourth-order valence-corrected chi connectivity index (χ4v) is 2.98. The van der Waals surface area contributed by atoms with Crippen LogP contribution in [0.2, 0.25) is 0 Å². The highest BCUT2D eigenvalue weighted by Crippen LogP contribution is 2.23. The first-order valence-electron chi connectivity index (χ1n) is 10.2. The summed E-state index contributed by atoms with van der Waals surface area (Å²) in [5, 5.41) is 14.7. The number of amides is 1. The normalized spacial score (nSPS) is 12.5. The number of anilines is 1. The van der Waals surface area contributed by atoms with E-state index in [0.717, 1.165) is 22.0 Å². The Morgan fingerprint density at radius 3 is 2.33 bits per heavy atom. The SMILES string of the molecule is CN(C)c1ccc2cc(C=C(C#N)C(=O)NC(C)(C)CCOC(C)(C)C)ccc2c1. The molecule has 160 valence electrons. The number of hydrogen-bond donors (Lipinski definition) is 1. The van der Waals surface area contributed by atoms with Gasteiger partial charge in [0, 0.05) is 31.9 Å². The summed E-state index contributed by atoms with van der Waals surface area (Å²) in [6, 6.07) is 14.2. The predicted molar refractivity (Wildman–Crippen MR) is 124 cm³/mol. The predicted octanol–water partition coefficient (Wildman–Crippen LogP) is 4.91. The molecule has 2 rings (SSSR count). The van der Waals surface area contributed by atoms with Crippen LogP contribution in [0.1, 0.15) is 46.6 Å². The van der Waals surface area contributed by atoms with Crippen molar-refractivity contribution < 1.29 is 9.53 Å². The van der Waals surface area contributed by atoms with Crippen LogP contribution in [0, 0.1) is 11.3 Å². The quantitative estimate of drug-likeness (QED) is 0.523. The molecule has 0 aromatic heterocycles. The van der Waals surface area contributed by atoms with Gasteiger partial charge in [-0.1, -0.05) is 18.2 Å². The Kier molecular flexibility index (Phi) is 7.28. The first-order valence-corrected chi connectivity index (χ1v) is 10.2. The first-order chi connectivity index (χ1) is 13.9. The van der Waals surface area contributed by atoms with Crippen molar-refractivity contribution >= 4 is 28.4 Å². The van der Waals surface area contributed by atoms with Crippen LogP contribution >= 0.6 is 0 Å². The Morgan fingerprint density at radius 2 is 1.73 bits per heavy atom. The summed E-state index contributed by atoms with van der Waals surface area (Å²) in [7, 11) is 4.01. The molecule has 30 heavy (non-hydrogen) atoms. The molecule has 2 aromatic carbocycles. The summed E-state index contributed by atoms with van der Waals surface area (Å²) in [6.07, 6.45) is 2.29. The van der Waals surface area contributed by atoms with E-state index in [-0.39, 0.29) is 17.1 Å². The molecule has 0 saturated heterocycles. The Hall–Kier alpha value is -2.84. The number of carbonyl (C=O) groups is 1. The van der Waals surface area contributed by atoms with Crippen LogP contribution in [0.4, 0.5) is 5.69 Å². The van der Waals surface area contributed by atoms with E-state index in [4.69, 9.17) is 4.74 Å². The number of fused-ring (bicyclic) bond motifs is 1. The van der Waals surface area contributed by atoms with Crippen LogP contribution in [0.3, 0.4) is 0 Å². The Morgan fingerprint density at radius 1 is 1.10 bits per heavy atom. The van der Waals surface area contributed by atoms with Gasteiger partial charge in [0.2, 0.25) is 0 Å². The second-order valence-corrected chi connectivity index (χ2v) is 9.40. The zero-order valence-electron chi connectivity index (χ0n) is 19.2. The summed E-state index contributed by atoms with van der Waals surface area (Å²) in [4.78, 5) is 14.7. The van der Waals surface area contributed by atoms with Gasteiger partial charge in [-0.25, -0.2) is 0 Å². The molecule has 5 heteroatoms. The van der Waals surface area contributed by atoms with Crippen molar-refractivity contribution in [1.29, 1.82) is 5.26 Å². The second kappa shape index (κ2) is 9.32. The monoisotopic (exact) mass is 407 g/mol. The van der Waals surface area contributed by atoms with E-state index in [1.165, 1.54) is 0 Å². The summed E-state index contributed by atoms with van der Waals surface area (Å²) in [5.41, 5.74) is 1.33. The number of nitrogens with one attached hydrogen (secondary N) is 1. The molecule has 0 aliphatic heterocycles. The van der Waals surface area contributed by atoms with Crippen LogP contribution in [0.15, 0.2) is 42.0 Å². The average molecular weight is 408 g/mol. The third kappa shape index (κ3) is 6.89. The van der Waals surface area contributed by atoms with Gasteiger partial charge in [0.1, 0.15) is 11.6 Å². The van der Waals surface area contributed by atoms with Gasteiger partial charge in [0.25, 0.3) is 5.91 Å². The Bertz CT molecular complexity index is 976. The number of carbonyl (C=O) groups excluding carboxylic acids is 1. The maximum Gasteiger partial charge on any atom is 0.262 e. The van der Waals surface area contributed by atoms with Gasteiger partial charge in [0.05, 0.1) is 5.60 Å². The van der Waals surface area contributed by atoms with Gasteiger partial charge in [0.15, 0.2) is 0 Å². The molecule has 0 radical (unpaired) electrons. The Balaban J connectivity index is 2.15.